The second-order valence-corrected chi connectivity index (χ2v) is 7.39. The lowest BCUT2D eigenvalue weighted by Gasteiger charge is -2.32. The molecule has 0 spiro atoms. The number of carbonyl (C=O) groups excluding carboxylic acids is 1. The van der Waals surface area contributed by atoms with Gasteiger partial charge < -0.3 is 10.2 Å². The minimum Gasteiger partial charge on any atom is -0.355 e. The lowest BCUT2D eigenvalue weighted by atomic mass is 9.96. The first-order chi connectivity index (χ1) is 13.7. The van der Waals surface area contributed by atoms with Gasteiger partial charge in [0.2, 0.25) is 0 Å². The second-order valence-electron chi connectivity index (χ2n) is 7.39. The molecule has 1 fully saturated rings. The lowest BCUT2D eigenvalue weighted by Crippen LogP contribution is -2.38. The highest BCUT2D eigenvalue weighted by Crippen LogP contribution is 2.25. The van der Waals surface area contributed by atoms with Crippen molar-refractivity contribution in [1.82, 2.24) is 20.5 Å². The summed E-state index contributed by atoms with van der Waals surface area (Å²) in [6.45, 7) is 4.63. The van der Waals surface area contributed by atoms with Crippen LogP contribution >= 0.6 is 0 Å². The largest absolute Gasteiger partial charge is 0.355 e. The Bertz CT molecular complexity index is 929. The molecule has 0 radical (unpaired) electrons. The van der Waals surface area contributed by atoms with Gasteiger partial charge in [0.15, 0.2) is 5.82 Å². The predicted octanol–water partition coefficient (Wildman–Crippen LogP) is 3.43. The summed E-state index contributed by atoms with van der Waals surface area (Å²) in [6, 6.07) is 13.8. The molecule has 3 aromatic rings. The zero-order valence-corrected chi connectivity index (χ0v) is 16.1. The Morgan fingerprint density at radius 2 is 1.96 bits per heavy atom. The SMILES string of the molecule is Cc1cccc(C(=O)NCC2CCN(c3cc(-c4ccncc4)[nH]n3)CC2)c1. The smallest absolute Gasteiger partial charge is 0.251 e. The predicted molar refractivity (Wildman–Crippen MR) is 110 cm³/mol. The van der Waals surface area contributed by atoms with E-state index in [1.807, 2.05) is 43.3 Å². The van der Waals surface area contributed by atoms with E-state index in [-0.39, 0.29) is 5.91 Å². The Hall–Kier alpha value is -3.15. The molecule has 1 saturated heterocycles. The number of carbonyl (C=O) groups is 1. The number of hydrogen-bond acceptors (Lipinski definition) is 4. The molecular formula is C22H25N5O. The fraction of sp³-hybridized carbons (Fsp3) is 0.318. The van der Waals surface area contributed by atoms with Gasteiger partial charge in [-0.2, -0.15) is 5.10 Å². The van der Waals surface area contributed by atoms with Gasteiger partial charge in [-0.05, 0) is 49.9 Å². The zero-order chi connectivity index (χ0) is 19.3. The first-order valence-corrected chi connectivity index (χ1v) is 9.74. The van der Waals surface area contributed by atoms with Crippen molar-refractivity contribution < 1.29 is 4.79 Å². The average Bonchev–Trinajstić information content (AvgIpc) is 3.23. The molecule has 144 valence electrons. The summed E-state index contributed by atoms with van der Waals surface area (Å²) in [5.41, 5.74) is 3.93. The Labute approximate surface area is 165 Å². The maximum absolute atomic E-state index is 12.3. The van der Waals surface area contributed by atoms with E-state index >= 15 is 0 Å². The molecule has 4 rings (SSSR count). The fourth-order valence-corrected chi connectivity index (χ4v) is 3.64. The number of H-pyrrole nitrogens is 1. The Kier molecular flexibility index (Phi) is 5.37. The monoisotopic (exact) mass is 375 g/mol. The molecule has 0 aliphatic carbocycles. The number of rotatable bonds is 5. The fourth-order valence-electron chi connectivity index (χ4n) is 3.64. The van der Waals surface area contributed by atoms with E-state index in [9.17, 15) is 4.79 Å². The minimum atomic E-state index is 0.0143. The van der Waals surface area contributed by atoms with Crippen LogP contribution in [-0.2, 0) is 0 Å². The topological polar surface area (TPSA) is 73.9 Å². The molecule has 1 amide bonds. The van der Waals surface area contributed by atoms with Crippen molar-refractivity contribution in [1.29, 1.82) is 0 Å². The number of anilines is 1. The van der Waals surface area contributed by atoms with E-state index in [0.29, 0.717) is 5.92 Å². The average molecular weight is 375 g/mol. The summed E-state index contributed by atoms with van der Waals surface area (Å²) < 4.78 is 0. The first kappa shape index (κ1) is 18.2. The number of aromatic nitrogens is 3. The van der Waals surface area contributed by atoms with Crippen molar-refractivity contribution in [3.63, 3.8) is 0 Å². The molecule has 1 aliphatic heterocycles. The normalized spacial score (nSPS) is 14.8. The molecule has 6 heteroatoms. The molecule has 0 atom stereocenters. The van der Waals surface area contributed by atoms with E-state index < -0.39 is 0 Å². The molecule has 0 saturated carbocycles. The minimum absolute atomic E-state index is 0.0143. The van der Waals surface area contributed by atoms with Crippen LogP contribution in [0.4, 0.5) is 5.82 Å². The highest BCUT2D eigenvalue weighted by molar-refractivity contribution is 5.94. The molecule has 2 aromatic heterocycles. The van der Waals surface area contributed by atoms with Crippen LogP contribution in [0.3, 0.4) is 0 Å². The van der Waals surface area contributed by atoms with E-state index in [2.05, 4.69) is 31.5 Å². The number of piperidine rings is 1. The van der Waals surface area contributed by atoms with Crippen molar-refractivity contribution in [3.05, 3.63) is 66.0 Å². The summed E-state index contributed by atoms with van der Waals surface area (Å²) in [6.07, 6.45) is 5.66. The number of nitrogens with one attached hydrogen (secondary N) is 2. The summed E-state index contributed by atoms with van der Waals surface area (Å²) in [5, 5.41) is 10.7. The highest BCUT2D eigenvalue weighted by atomic mass is 16.1. The molecule has 3 heterocycles. The molecule has 0 bridgehead atoms. The Balaban J connectivity index is 1.28. The molecule has 6 nitrogen and oxygen atoms in total. The maximum atomic E-state index is 12.3. The number of nitrogens with zero attached hydrogens (tertiary/aromatic N) is 3. The number of aromatic amines is 1. The van der Waals surface area contributed by atoms with Gasteiger partial charge in [0.05, 0.1) is 5.69 Å². The Morgan fingerprint density at radius 1 is 1.18 bits per heavy atom. The maximum Gasteiger partial charge on any atom is 0.251 e. The molecule has 0 unspecified atom stereocenters. The first-order valence-electron chi connectivity index (χ1n) is 9.74. The van der Waals surface area contributed by atoms with Gasteiger partial charge in [-0.1, -0.05) is 17.7 Å². The van der Waals surface area contributed by atoms with Crippen LogP contribution in [0, 0.1) is 12.8 Å². The third kappa shape index (κ3) is 4.22. The number of amides is 1. The van der Waals surface area contributed by atoms with Crippen LogP contribution in [0.5, 0.6) is 0 Å². The second kappa shape index (κ2) is 8.25. The summed E-state index contributed by atoms with van der Waals surface area (Å²) >= 11 is 0. The molecule has 1 aromatic carbocycles. The van der Waals surface area contributed by atoms with Gasteiger partial charge in [0.1, 0.15) is 0 Å². The highest BCUT2D eigenvalue weighted by Gasteiger charge is 2.22. The third-order valence-electron chi connectivity index (χ3n) is 5.33. The quantitative estimate of drug-likeness (QED) is 0.717. The van der Waals surface area contributed by atoms with E-state index in [1.54, 1.807) is 12.4 Å². The van der Waals surface area contributed by atoms with Crippen LogP contribution < -0.4 is 10.2 Å². The van der Waals surface area contributed by atoms with Crippen LogP contribution in [0.1, 0.15) is 28.8 Å². The van der Waals surface area contributed by atoms with Gasteiger partial charge in [-0.25, -0.2) is 0 Å². The summed E-state index contributed by atoms with van der Waals surface area (Å²) in [5.74, 6) is 1.50. The Morgan fingerprint density at radius 3 is 2.71 bits per heavy atom. The van der Waals surface area contributed by atoms with E-state index in [1.165, 1.54) is 0 Å². The third-order valence-corrected chi connectivity index (χ3v) is 5.33. The summed E-state index contributed by atoms with van der Waals surface area (Å²) in [7, 11) is 0. The van der Waals surface area contributed by atoms with Crippen molar-refractivity contribution in [2.75, 3.05) is 24.5 Å². The summed E-state index contributed by atoms with van der Waals surface area (Å²) in [4.78, 5) is 18.7. The van der Waals surface area contributed by atoms with Gasteiger partial charge in [-0.3, -0.25) is 14.9 Å². The van der Waals surface area contributed by atoms with E-state index in [0.717, 1.165) is 60.7 Å². The van der Waals surface area contributed by atoms with Crippen molar-refractivity contribution >= 4 is 11.7 Å². The van der Waals surface area contributed by atoms with Gasteiger partial charge in [0, 0.05) is 49.2 Å². The van der Waals surface area contributed by atoms with Crippen molar-refractivity contribution in [2.24, 2.45) is 5.92 Å². The van der Waals surface area contributed by atoms with Crippen molar-refractivity contribution in [2.45, 2.75) is 19.8 Å². The molecule has 2 N–H and O–H groups in total. The van der Waals surface area contributed by atoms with Crippen LogP contribution in [0.15, 0.2) is 54.9 Å². The van der Waals surface area contributed by atoms with Gasteiger partial charge in [-0.15, -0.1) is 0 Å². The van der Waals surface area contributed by atoms with Gasteiger partial charge >= 0.3 is 0 Å². The molecule has 28 heavy (non-hydrogen) atoms. The van der Waals surface area contributed by atoms with Crippen molar-refractivity contribution in [3.8, 4) is 11.3 Å². The molecule has 1 aliphatic rings. The number of hydrogen-bond donors (Lipinski definition) is 2. The number of aryl methyl sites for hydroxylation is 1. The standard InChI is InChI=1S/C22H25N5O/c1-16-3-2-4-19(13-16)22(28)24-15-17-7-11-27(12-8-17)21-14-20(25-26-21)18-5-9-23-10-6-18/h2-6,9-10,13-14,17H,7-8,11-12,15H2,1H3,(H,24,28)(H,25,26). The number of benzene rings is 1. The lowest BCUT2D eigenvalue weighted by molar-refractivity contribution is 0.0945. The van der Waals surface area contributed by atoms with Gasteiger partial charge in [0.25, 0.3) is 5.91 Å². The number of pyridine rings is 1. The van der Waals surface area contributed by atoms with Crippen LogP contribution in [0.2, 0.25) is 0 Å². The van der Waals surface area contributed by atoms with Crippen LogP contribution in [0.25, 0.3) is 11.3 Å². The van der Waals surface area contributed by atoms with E-state index in [4.69, 9.17) is 0 Å². The zero-order valence-electron chi connectivity index (χ0n) is 16.1. The molecular weight excluding hydrogens is 350 g/mol. The van der Waals surface area contributed by atoms with Crippen LogP contribution in [-0.4, -0.2) is 40.7 Å².